The number of ether oxygens (including phenoxy) is 1. The van der Waals surface area contributed by atoms with Gasteiger partial charge in [0.05, 0.1) is 29.7 Å². The Morgan fingerprint density at radius 2 is 1.75 bits per heavy atom. The van der Waals surface area contributed by atoms with Gasteiger partial charge in [-0.05, 0) is 76.0 Å². The first kappa shape index (κ1) is 22.0. The second kappa shape index (κ2) is 8.40. The average Bonchev–Trinajstić information content (AvgIpc) is 3.83. The molecule has 7 rings (SSSR count). The van der Waals surface area contributed by atoms with Crippen molar-refractivity contribution in [2.75, 3.05) is 6.61 Å². The molecule has 0 unspecified atom stereocenters. The highest BCUT2D eigenvalue weighted by Gasteiger charge is 2.31. The SMILES string of the molecule is Cc1nc2nc([C@@H]3CCO[C@H](c4cnn(C5CC5)c4)C3)nc(-c3ccc(C4CC4)cc3F)c2nc1C. The molecule has 1 aliphatic heterocycles. The van der Waals surface area contributed by atoms with Crippen molar-refractivity contribution in [1.29, 1.82) is 0 Å². The number of aromatic nitrogens is 6. The van der Waals surface area contributed by atoms with E-state index < -0.39 is 0 Å². The first-order valence-corrected chi connectivity index (χ1v) is 13.0. The van der Waals surface area contributed by atoms with Gasteiger partial charge in [0, 0.05) is 29.8 Å². The van der Waals surface area contributed by atoms with Gasteiger partial charge >= 0.3 is 0 Å². The second-order valence-electron chi connectivity index (χ2n) is 10.6. The fourth-order valence-electron chi connectivity index (χ4n) is 5.21. The van der Waals surface area contributed by atoms with Crippen molar-refractivity contribution >= 4 is 11.2 Å². The molecule has 3 fully saturated rings. The Hall–Kier alpha value is -3.26. The normalized spacial score (nSPS) is 22.3. The standard InChI is InChI=1S/C28H29FN6O/c1-15-16(2)32-28-26(31-15)25(22-8-5-18(11-23(22)29)17-3-4-17)33-27(34-28)19-9-10-36-24(12-19)20-13-30-35(14-20)21-6-7-21/h5,8,11,13-14,17,19,21,24H,3-4,6-7,9-10,12H2,1-2H3/t19-,24+/m1/s1. The zero-order valence-electron chi connectivity index (χ0n) is 20.6. The van der Waals surface area contributed by atoms with Crippen molar-refractivity contribution in [3.63, 3.8) is 0 Å². The third kappa shape index (κ3) is 3.97. The number of rotatable bonds is 5. The quantitative estimate of drug-likeness (QED) is 0.352. The monoisotopic (exact) mass is 484 g/mol. The van der Waals surface area contributed by atoms with Crippen LogP contribution in [-0.2, 0) is 4.74 Å². The molecule has 8 heteroatoms. The molecular weight excluding hydrogens is 455 g/mol. The molecule has 1 saturated heterocycles. The largest absolute Gasteiger partial charge is 0.373 e. The summed E-state index contributed by atoms with van der Waals surface area (Å²) >= 11 is 0. The molecule has 3 aromatic heterocycles. The van der Waals surface area contributed by atoms with E-state index in [4.69, 9.17) is 24.7 Å². The lowest BCUT2D eigenvalue weighted by Gasteiger charge is -2.28. The van der Waals surface area contributed by atoms with Gasteiger partial charge in [-0.3, -0.25) is 4.68 Å². The summed E-state index contributed by atoms with van der Waals surface area (Å²) in [5.74, 6) is 0.985. The van der Waals surface area contributed by atoms with Crippen molar-refractivity contribution < 1.29 is 9.13 Å². The first-order chi connectivity index (χ1) is 17.5. The third-order valence-electron chi connectivity index (χ3n) is 7.82. The number of hydrogen-bond acceptors (Lipinski definition) is 6. The van der Waals surface area contributed by atoms with E-state index in [1.54, 1.807) is 6.07 Å². The molecule has 2 atom stereocenters. The van der Waals surface area contributed by atoms with Crippen molar-refractivity contribution in [2.24, 2.45) is 0 Å². The van der Waals surface area contributed by atoms with Crippen LogP contribution in [0.4, 0.5) is 4.39 Å². The van der Waals surface area contributed by atoms with Crippen molar-refractivity contribution in [2.45, 2.75) is 76.4 Å². The summed E-state index contributed by atoms with van der Waals surface area (Å²) in [6.45, 7) is 4.46. The number of benzene rings is 1. The predicted molar refractivity (Wildman–Crippen MR) is 133 cm³/mol. The summed E-state index contributed by atoms with van der Waals surface area (Å²) in [4.78, 5) is 19.3. The Morgan fingerprint density at radius 1 is 0.917 bits per heavy atom. The molecule has 4 aromatic rings. The highest BCUT2D eigenvalue weighted by Crippen LogP contribution is 2.42. The molecule has 7 nitrogen and oxygen atoms in total. The van der Waals surface area contributed by atoms with Gasteiger partial charge in [-0.1, -0.05) is 6.07 Å². The van der Waals surface area contributed by atoms with Gasteiger partial charge in [0.25, 0.3) is 0 Å². The molecule has 36 heavy (non-hydrogen) atoms. The Kier molecular flexibility index (Phi) is 5.13. The molecule has 0 spiro atoms. The van der Waals surface area contributed by atoms with E-state index in [9.17, 15) is 0 Å². The van der Waals surface area contributed by atoms with Crippen molar-refractivity contribution in [3.05, 3.63) is 64.7 Å². The van der Waals surface area contributed by atoms with Gasteiger partial charge < -0.3 is 4.74 Å². The molecule has 0 amide bonds. The van der Waals surface area contributed by atoms with Crippen LogP contribution in [0.15, 0.2) is 30.6 Å². The first-order valence-electron chi connectivity index (χ1n) is 13.0. The predicted octanol–water partition coefficient (Wildman–Crippen LogP) is 5.89. The number of halogens is 1. The number of aryl methyl sites for hydroxylation is 2. The summed E-state index contributed by atoms with van der Waals surface area (Å²) in [5.41, 5.74) is 5.83. The van der Waals surface area contributed by atoms with Gasteiger partial charge in [0.2, 0.25) is 0 Å². The van der Waals surface area contributed by atoms with Crippen LogP contribution in [0, 0.1) is 19.7 Å². The molecule has 184 valence electrons. The zero-order chi connectivity index (χ0) is 24.4. The van der Waals surface area contributed by atoms with Gasteiger partial charge in [-0.2, -0.15) is 5.10 Å². The summed E-state index contributed by atoms with van der Waals surface area (Å²) in [6.07, 6.45) is 10.2. The summed E-state index contributed by atoms with van der Waals surface area (Å²) < 4.78 is 23.6. The maximum atomic E-state index is 15.4. The Labute approximate surface area is 209 Å². The van der Waals surface area contributed by atoms with E-state index in [0.29, 0.717) is 46.8 Å². The average molecular weight is 485 g/mol. The molecule has 2 aliphatic carbocycles. The van der Waals surface area contributed by atoms with Crippen LogP contribution in [0.25, 0.3) is 22.4 Å². The lowest BCUT2D eigenvalue weighted by molar-refractivity contribution is 0.00396. The molecular formula is C28H29FN6O. The molecule has 0 bridgehead atoms. The topological polar surface area (TPSA) is 78.6 Å². The van der Waals surface area contributed by atoms with Crippen molar-refractivity contribution in [1.82, 2.24) is 29.7 Å². The minimum atomic E-state index is -0.261. The van der Waals surface area contributed by atoms with Crippen LogP contribution in [0.1, 0.15) is 90.8 Å². The molecule has 3 aliphatic rings. The smallest absolute Gasteiger partial charge is 0.182 e. The van der Waals surface area contributed by atoms with Gasteiger partial charge in [0.1, 0.15) is 22.9 Å². The number of hydrogen-bond donors (Lipinski definition) is 0. The molecule has 4 heterocycles. The maximum Gasteiger partial charge on any atom is 0.182 e. The van der Waals surface area contributed by atoms with Gasteiger partial charge in [-0.15, -0.1) is 0 Å². The fourth-order valence-corrected chi connectivity index (χ4v) is 5.21. The van der Waals surface area contributed by atoms with E-state index in [1.165, 1.54) is 12.8 Å². The third-order valence-corrected chi connectivity index (χ3v) is 7.82. The molecule has 0 N–H and O–H groups in total. The Morgan fingerprint density at radius 3 is 2.53 bits per heavy atom. The lowest BCUT2D eigenvalue weighted by Crippen LogP contribution is -2.20. The van der Waals surface area contributed by atoms with E-state index in [2.05, 4.69) is 16.0 Å². The van der Waals surface area contributed by atoms with E-state index in [1.807, 2.05) is 32.2 Å². The van der Waals surface area contributed by atoms with Crippen LogP contribution >= 0.6 is 0 Å². The van der Waals surface area contributed by atoms with Crippen LogP contribution in [0.3, 0.4) is 0 Å². The van der Waals surface area contributed by atoms with Gasteiger partial charge in [0.15, 0.2) is 5.65 Å². The lowest BCUT2D eigenvalue weighted by atomic mass is 9.92. The van der Waals surface area contributed by atoms with E-state index >= 15 is 4.39 Å². The minimum Gasteiger partial charge on any atom is -0.373 e. The number of fused-ring (bicyclic) bond motifs is 1. The van der Waals surface area contributed by atoms with Crippen LogP contribution in [-0.4, -0.2) is 36.3 Å². The highest BCUT2D eigenvalue weighted by molar-refractivity contribution is 5.87. The Balaban J connectivity index is 1.28. The summed E-state index contributed by atoms with van der Waals surface area (Å²) in [6, 6.07) is 6.08. The van der Waals surface area contributed by atoms with Crippen LogP contribution in [0.2, 0.25) is 0 Å². The van der Waals surface area contributed by atoms with Gasteiger partial charge in [-0.25, -0.2) is 24.3 Å². The Bertz CT molecular complexity index is 1470. The second-order valence-corrected chi connectivity index (χ2v) is 10.6. The molecule has 2 saturated carbocycles. The molecule has 1 aromatic carbocycles. The van der Waals surface area contributed by atoms with E-state index in [0.717, 1.165) is 48.2 Å². The summed E-state index contributed by atoms with van der Waals surface area (Å²) in [5, 5.41) is 4.54. The fraction of sp³-hybridized carbons (Fsp3) is 0.464. The molecule has 0 radical (unpaired) electrons. The minimum absolute atomic E-state index is 0.0561. The summed E-state index contributed by atoms with van der Waals surface area (Å²) in [7, 11) is 0. The van der Waals surface area contributed by atoms with E-state index in [-0.39, 0.29) is 17.8 Å². The highest BCUT2D eigenvalue weighted by atomic mass is 19.1. The van der Waals surface area contributed by atoms with Crippen LogP contribution < -0.4 is 0 Å². The maximum absolute atomic E-state index is 15.4. The van der Waals surface area contributed by atoms with Crippen molar-refractivity contribution in [3.8, 4) is 11.3 Å². The van der Waals surface area contributed by atoms with Crippen LogP contribution in [0.5, 0.6) is 0 Å². The number of nitrogens with zero attached hydrogens (tertiary/aromatic N) is 6. The zero-order valence-corrected chi connectivity index (χ0v) is 20.6.